The Morgan fingerprint density at radius 3 is 2.69 bits per heavy atom. The molecule has 2 aromatic heterocycles. The lowest BCUT2D eigenvalue weighted by Gasteiger charge is -2.24. The quantitative estimate of drug-likeness (QED) is 0.425. The average molecular weight is 533 g/mol. The lowest BCUT2D eigenvalue weighted by molar-refractivity contribution is -0.117. The molecule has 0 bridgehead atoms. The number of ether oxygens (including phenoxy) is 1. The van der Waals surface area contributed by atoms with Crippen molar-refractivity contribution in [3.05, 3.63) is 52.1 Å². The highest BCUT2D eigenvalue weighted by molar-refractivity contribution is 6.38. The fraction of sp³-hybridized carbons (Fsp3) is 0.400. The van der Waals surface area contributed by atoms with Crippen molar-refractivity contribution in [1.82, 2.24) is 20.1 Å². The number of carbonyl (C=O) groups excluding carboxylic acids is 1. The van der Waals surface area contributed by atoms with Gasteiger partial charge in [-0.1, -0.05) is 23.2 Å². The summed E-state index contributed by atoms with van der Waals surface area (Å²) in [5.74, 6) is -0.296. The Labute approximate surface area is 218 Å². The van der Waals surface area contributed by atoms with E-state index in [1.165, 1.54) is 11.0 Å². The third-order valence-corrected chi connectivity index (χ3v) is 7.53. The van der Waals surface area contributed by atoms with Gasteiger partial charge in [0.15, 0.2) is 11.6 Å². The van der Waals surface area contributed by atoms with Crippen LogP contribution in [0.4, 0.5) is 15.9 Å². The Balaban J connectivity index is 1.42. The fourth-order valence-corrected chi connectivity index (χ4v) is 5.54. The maximum absolute atomic E-state index is 14.8. The molecule has 1 unspecified atom stereocenters. The summed E-state index contributed by atoms with van der Waals surface area (Å²) in [6.45, 7) is 4.11. The van der Waals surface area contributed by atoms with Crippen LogP contribution >= 0.6 is 23.2 Å². The fourth-order valence-electron chi connectivity index (χ4n) is 4.78. The lowest BCUT2D eigenvalue weighted by Crippen LogP contribution is -2.29. The van der Waals surface area contributed by atoms with Crippen LogP contribution in [0.5, 0.6) is 5.75 Å². The number of piperidine rings is 1. The second kappa shape index (κ2) is 10.2. The Morgan fingerprint density at radius 1 is 1.19 bits per heavy atom. The van der Waals surface area contributed by atoms with Gasteiger partial charge in [-0.3, -0.25) is 9.48 Å². The number of hydrogen-bond donors (Lipinski definition) is 2. The van der Waals surface area contributed by atoms with Gasteiger partial charge in [0.1, 0.15) is 11.9 Å². The predicted octanol–water partition coefficient (Wildman–Crippen LogP) is 5.16. The van der Waals surface area contributed by atoms with E-state index in [-0.39, 0.29) is 33.0 Å². The van der Waals surface area contributed by atoms with Gasteiger partial charge in [-0.15, -0.1) is 0 Å². The van der Waals surface area contributed by atoms with Gasteiger partial charge in [0.25, 0.3) is 0 Å². The SMILES string of the molecule is CC(Oc1cc(-c2cnn(C3CCNCC3)c2)cnc1N)c1c(Cl)c(F)cc(N2CCCC2=O)c1Cl. The standard InChI is InChI=1S/C25H27Cl2FN6O2/c1-14(22-23(26)18(28)10-19(24(22)27)33-8-2-3-21(33)35)36-20-9-15(11-31-25(20)29)16-12-32-34(13-16)17-4-6-30-7-5-17/h9-14,17,30H,2-8H2,1H3,(H2,29,31). The second-order valence-electron chi connectivity index (χ2n) is 9.13. The number of halogens is 3. The molecular weight excluding hydrogens is 506 g/mol. The number of aromatic nitrogens is 3. The molecule has 11 heteroatoms. The summed E-state index contributed by atoms with van der Waals surface area (Å²) in [5, 5.41) is 7.92. The number of carbonyl (C=O) groups is 1. The molecule has 0 saturated carbocycles. The molecule has 1 atom stereocenters. The number of nitrogens with two attached hydrogens (primary N) is 1. The van der Waals surface area contributed by atoms with Gasteiger partial charge in [-0.2, -0.15) is 5.10 Å². The van der Waals surface area contributed by atoms with E-state index in [0.29, 0.717) is 31.2 Å². The van der Waals surface area contributed by atoms with Gasteiger partial charge >= 0.3 is 0 Å². The van der Waals surface area contributed by atoms with Crippen LogP contribution in [0.2, 0.25) is 10.0 Å². The number of nitrogens with one attached hydrogen (secondary N) is 1. The molecule has 1 aromatic carbocycles. The van der Waals surface area contributed by atoms with Crippen LogP contribution in [0.15, 0.2) is 30.7 Å². The van der Waals surface area contributed by atoms with Crippen molar-refractivity contribution < 1.29 is 13.9 Å². The van der Waals surface area contributed by atoms with E-state index in [1.807, 2.05) is 10.9 Å². The molecule has 3 N–H and O–H groups in total. The monoisotopic (exact) mass is 532 g/mol. The highest BCUT2D eigenvalue weighted by Crippen LogP contribution is 2.42. The van der Waals surface area contributed by atoms with Crippen LogP contribution < -0.4 is 20.7 Å². The first-order valence-electron chi connectivity index (χ1n) is 12.0. The minimum Gasteiger partial charge on any atom is -0.482 e. The summed E-state index contributed by atoms with van der Waals surface area (Å²) in [6, 6.07) is 3.32. The number of pyridine rings is 1. The molecule has 8 nitrogen and oxygen atoms in total. The molecule has 2 fully saturated rings. The molecule has 2 aliphatic heterocycles. The van der Waals surface area contributed by atoms with Gasteiger partial charge < -0.3 is 20.7 Å². The maximum atomic E-state index is 14.8. The predicted molar refractivity (Wildman–Crippen MR) is 138 cm³/mol. The molecule has 5 rings (SSSR count). The van der Waals surface area contributed by atoms with E-state index in [1.54, 1.807) is 25.4 Å². The maximum Gasteiger partial charge on any atom is 0.227 e. The molecule has 0 aliphatic carbocycles. The van der Waals surface area contributed by atoms with Crippen molar-refractivity contribution in [2.24, 2.45) is 0 Å². The van der Waals surface area contributed by atoms with Crippen molar-refractivity contribution in [1.29, 1.82) is 0 Å². The molecule has 2 aliphatic rings. The topological polar surface area (TPSA) is 98.3 Å². The number of benzene rings is 1. The van der Waals surface area contributed by atoms with E-state index in [2.05, 4.69) is 15.4 Å². The Bertz CT molecular complexity index is 1290. The summed E-state index contributed by atoms with van der Waals surface area (Å²) < 4.78 is 22.9. The molecule has 4 heterocycles. The summed E-state index contributed by atoms with van der Waals surface area (Å²) in [5.41, 5.74) is 8.32. The molecule has 3 aromatic rings. The van der Waals surface area contributed by atoms with Crippen LogP contribution in [0.3, 0.4) is 0 Å². The lowest BCUT2D eigenvalue weighted by atomic mass is 10.1. The first-order valence-corrected chi connectivity index (χ1v) is 12.7. The Morgan fingerprint density at radius 2 is 1.97 bits per heavy atom. The van der Waals surface area contributed by atoms with Crippen LogP contribution in [-0.4, -0.2) is 40.3 Å². The second-order valence-corrected chi connectivity index (χ2v) is 9.88. The number of hydrogen-bond acceptors (Lipinski definition) is 6. The summed E-state index contributed by atoms with van der Waals surface area (Å²) in [7, 11) is 0. The third-order valence-electron chi connectivity index (χ3n) is 6.74. The number of rotatable bonds is 6. The first-order chi connectivity index (χ1) is 17.3. The van der Waals surface area contributed by atoms with Crippen LogP contribution in [0, 0.1) is 5.82 Å². The van der Waals surface area contributed by atoms with Crippen molar-refractivity contribution in [3.63, 3.8) is 0 Å². The number of anilines is 2. The molecule has 2 saturated heterocycles. The minimum atomic E-state index is -0.769. The zero-order valence-corrected chi connectivity index (χ0v) is 21.3. The van der Waals surface area contributed by atoms with Crippen molar-refractivity contribution in [3.8, 4) is 16.9 Å². The van der Waals surface area contributed by atoms with Crippen LogP contribution in [-0.2, 0) is 4.79 Å². The van der Waals surface area contributed by atoms with Crippen LogP contribution in [0.1, 0.15) is 50.3 Å². The molecule has 0 spiro atoms. The van der Waals surface area contributed by atoms with Crippen LogP contribution in [0.25, 0.3) is 11.1 Å². The smallest absolute Gasteiger partial charge is 0.227 e. The Hall–Kier alpha value is -2.88. The van der Waals surface area contributed by atoms with Gasteiger partial charge in [0.2, 0.25) is 5.91 Å². The van der Waals surface area contributed by atoms with E-state index in [0.717, 1.165) is 37.1 Å². The molecule has 190 valence electrons. The highest BCUT2D eigenvalue weighted by Gasteiger charge is 2.29. The first kappa shape index (κ1) is 24.8. The van der Waals surface area contributed by atoms with E-state index in [9.17, 15) is 9.18 Å². The van der Waals surface area contributed by atoms with E-state index < -0.39 is 11.9 Å². The number of amides is 1. The van der Waals surface area contributed by atoms with E-state index >= 15 is 0 Å². The van der Waals surface area contributed by atoms with Gasteiger partial charge in [-0.25, -0.2) is 9.37 Å². The van der Waals surface area contributed by atoms with Crippen molar-refractivity contribution in [2.75, 3.05) is 30.3 Å². The number of nitrogen functional groups attached to an aromatic ring is 1. The molecular formula is C25H27Cl2FN6O2. The number of nitrogens with zero attached hydrogens (tertiary/aromatic N) is 4. The normalized spacial score (nSPS) is 17.6. The average Bonchev–Trinajstić information content (AvgIpc) is 3.53. The summed E-state index contributed by atoms with van der Waals surface area (Å²) in [4.78, 5) is 18.0. The van der Waals surface area contributed by atoms with Gasteiger partial charge in [-0.05, 0) is 45.3 Å². The molecule has 1 amide bonds. The van der Waals surface area contributed by atoms with Crippen molar-refractivity contribution >= 4 is 40.6 Å². The minimum absolute atomic E-state index is 0.107. The molecule has 36 heavy (non-hydrogen) atoms. The Kier molecular flexibility index (Phi) is 7.05. The van der Waals surface area contributed by atoms with Gasteiger partial charge in [0, 0.05) is 48.1 Å². The highest BCUT2D eigenvalue weighted by atomic mass is 35.5. The largest absolute Gasteiger partial charge is 0.482 e. The van der Waals surface area contributed by atoms with Crippen molar-refractivity contribution in [2.45, 2.75) is 44.8 Å². The zero-order chi connectivity index (χ0) is 25.4. The summed E-state index contributed by atoms with van der Waals surface area (Å²) in [6.07, 6.45) is 7.80. The zero-order valence-electron chi connectivity index (χ0n) is 19.8. The summed E-state index contributed by atoms with van der Waals surface area (Å²) >= 11 is 13.0. The third kappa shape index (κ3) is 4.75. The molecule has 0 radical (unpaired) electrons. The van der Waals surface area contributed by atoms with E-state index in [4.69, 9.17) is 33.7 Å². The van der Waals surface area contributed by atoms with Gasteiger partial charge in [0.05, 0.1) is 28.0 Å².